The molecule has 1 saturated carbocycles. The summed E-state index contributed by atoms with van der Waals surface area (Å²) in [7, 11) is 0. The summed E-state index contributed by atoms with van der Waals surface area (Å²) in [5.41, 5.74) is 2.55. The second-order valence-electron chi connectivity index (χ2n) is 8.36. The number of allylic oxidation sites excluding steroid dienone is 1. The number of hydrogen-bond acceptors (Lipinski definition) is 6. The molecule has 8 heteroatoms. The number of amides is 1. The third kappa shape index (κ3) is 3.87. The lowest BCUT2D eigenvalue weighted by molar-refractivity contribution is -0.115. The van der Waals surface area contributed by atoms with Crippen LogP contribution in [0.2, 0.25) is 0 Å². The fraction of sp³-hybridized carbons (Fsp3) is 0.450. The van der Waals surface area contributed by atoms with Crippen molar-refractivity contribution in [2.75, 3.05) is 23.8 Å². The molecular weight excluding hydrogens is 356 g/mol. The molecule has 2 aliphatic rings. The van der Waals surface area contributed by atoms with Crippen molar-refractivity contribution < 1.29 is 9.90 Å². The molecule has 0 unspecified atom stereocenters. The predicted molar refractivity (Wildman–Crippen MR) is 109 cm³/mol. The highest BCUT2D eigenvalue weighted by molar-refractivity contribution is 6.02. The van der Waals surface area contributed by atoms with Gasteiger partial charge >= 0.3 is 0 Å². The lowest BCUT2D eigenvalue weighted by atomic mass is 9.95. The lowest BCUT2D eigenvalue weighted by Gasteiger charge is -2.22. The van der Waals surface area contributed by atoms with E-state index in [1.807, 2.05) is 26.0 Å². The molecule has 148 valence electrons. The molecule has 2 fully saturated rings. The maximum Gasteiger partial charge on any atom is 0.251 e. The Balaban J connectivity index is 1.71. The Hall–Kier alpha value is -2.87. The highest BCUT2D eigenvalue weighted by Crippen LogP contribution is 2.28. The van der Waals surface area contributed by atoms with Crippen LogP contribution in [0.1, 0.15) is 38.7 Å². The molecule has 1 saturated heterocycles. The first-order valence-electron chi connectivity index (χ1n) is 9.54. The second-order valence-corrected chi connectivity index (χ2v) is 8.36. The predicted octanol–water partition coefficient (Wildman–Crippen LogP) is 2.15. The van der Waals surface area contributed by atoms with Crippen molar-refractivity contribution in [1.82, 2.24) is 19.9 Å². The number of hydrogen-bond donors (Lipinski definition) is 4. The summed E-state index contributed by atoms with van der Waals surface area (Å²) in [6.45, 7) is 8.46. The molecule has 0 aromatic carbocycles. The van der Waals surface area contributed by atoms with E-state index in [2.05, 4.69) is 27.6 Å². The van der Waals surface area contributed by atoms with E-state index >= 15 is 0 Å². The normalized spacial score (nSPS) is 18.8. The first-order valence-corrected chi connectivity index (χ1v) is 9.54. The van der Waals surface area contributed by atoms with Crippen molar-refractivity contribution in [2.45, 2.75) is 39.2 Å². The molecular formula is C20H26N6O2. The van der Waals surface area contributed by atoms with E-state index in [1.165, 1.54) is 0 Å². The zero-order valence-electron chi connectivity index (χ0n) is 16.2. The summed E-state index contributed by atoms with van der Waals surface area (Å²) in [5.74, 6) is 1.44. The quantitative estimate of drug-likeness (QED) is 0.547. The Kier molecular flexibility index (Phi) is 4.58. The Morgan fingerprint density at radius 2 is 2.25 bits per heavy atom. The van der Waals surface area contributed by atoms with Crippen LogP contribution < -0.4 is 16.0 Å². The molecule has 1 aliphatic heterocycles. The van der Waals surface area contributed by atoms with Gasteiger partial charge in [-0.15, -0.1) is 0 Å². The second kappa shape index (κ2) is 6.94. The molecule has 0 atom stereocenters. The number of rotatable bonds is 7. The van der Waals surface area contributed by atoms with E-state index in [-0.39, 0.29) is 17.9 Å². The minimum absolute atomic E-state index is 0.0818. The van der Waals surface area contributed by atoms with Gasteiger partial charge in [0.15, 0.2) is 5.65 Å². The molecule has 1 amide bonds. The molecule has 3 heterocycles. The molecule has 4 rings (SSSR count). The topological polar surface area (TPSA) is 104 Å². The van der Waals surface area contributed by atoms with E-state index in [0.29, 0.717) is 41.7 Å². The van der Waals surface area contributed by atoms with E-state index in [4.69, 9.17) is 4.98 Å². The highest BCUT2D eigenvalue weighted by Gasteiger charge is 2.24. The number of nitrogens with zero attached hydrogens (tertiary/aromatic N) is 3. The number of aliphatic hydroxyl groups is 1. The molecule has 0 radical (unpaired) electrons. The molecule has 2 aromatic heterocycles. The van der Waals surface area contributed by atoms with Crippen molar-refractivity contribution in [1.29, 1.82) is 0 Å². The van der Waals surface area contributed by atoms with Crippen LogP contribution in [0.5, 0.6) is 0 Å². The fourth-order valence-corrected chi connectivity index (χ4v) is 3.00. The van der Waals surface area contributed by atoms with E-state index in [1.54, 1.807) is 10.7 Å². The van der Waals surface area contributed by atoms with Crippen LogP contribution in [0.15, 0.2) is 30.1 Å². The maximum atomic E-state index is 12.0. The number of carbonyl (C=O) groups excluding carboxylic acids is 1. The summed E-state index contributed by atoms with van der Waals surface area (Å²) >= 11 is 0. The largest absolute Gasteiger partial charge is 0.396 e. The zero-order valence-corrected chi connectivity index (χ0v) is 16.2. The van der Waals surface area contributed by atoms with Crippen molar-refractivity contribution in [3.05, 3.63) is 35.7 Å². The molecule has 1 aliphatic carbocycles. The van der Waals surface area contributed by atoms with Gasteiger partial charge in [0.05, 0.1) is 6.20 Å². The molecule has 0 bridgehead atoms. The Labute approximate surface area is 163 Å². The van der Waals surface area contributed by atoms with Gasteiger partial charge in [0, 0.05) is 53.9 Å². The number of carbonyl (C=O) groups is 1. The molecule has 4 N–H and O–H groups in total. The molecule has 2 aromatic rings. The van der Waals surface area contributed by atoms with Gasteiger partial charge in [-0.2, -0.15) is 9.61 Å². The molecule has 8 nitrogen and oxygen atoms in total. The minimum Gasteiger partial charge on any atom is -0.396 e. The van der Waals surface area contributed by atoms with Gasteiger partial charge in [-0.05, 0) is 18.9 Å². The Bertz CT molecular complexity index is 970. The average molecular weight is 382 g/mol. The van der Waals surface area contributed by atoms with Crippen molar-refractivity contribution >= 4 is 29.3 Å². The first-order chi connectivity index (χ1) is 13.3. The van der Waals surface area contributed by atoms with Gasteiger partial charge in [-0.25, -0.2) is 4.98 Å². The fourth-order valence-electron chi connectivity index (χ4n) is 3.00. The summed E-state index contributed by atoms with van der Waals surface area (Å²) in [5, 5.41) is 23.5. The van der Waals surface area contributed by atoms with Gasteiger partial charge < -0.3 is 21.1 Å². The third-order valence-corrected chi connectivity index (χ3v) is 4.92. The maximum absolute atomic E-state index is 12.0. The molecule has 28 heavy (non-hydrogen) atoms. The van der Waals surface area contributed by atoms with Crippen molar-refractivity contribution in [3.8, 4) is 0 Å². The number of aromatic nitrogens is 3. The van der Waals surface area contributed by atoms with Crippen molar-refractivity contribution in [3.63, 3.8) is 0 Å². The van der Waals surface area contributed by atoms with Crippen LogP contribution in [0.3, 0.4) is 0 Å². The van der Waals surface area contributed by atoms with E-state index in [0.717, 1.165) is 24.2 Å². The van der Waals surface area contributed by atoms with Crippen LogP contribution in [-0.2, 0) is 4.79 Å². The van der Waals surface area contributed by atoms with Crippen LogP contribution in [0.4, 0.5) is 11.6 Å². The SMILES string of the molecule is C=C1C/C(=C\c2cnn3c(NC4CC4)cc(NCC(C)(C)CO)nc23)C(=O)N1. The van der Waals surface area contributed by atoms with E-state index in [9.17, 15) is 9.90 Å². The van der Waals surface area contributed by atoms with Crippen LogP contribution in [0.25, 0.3) is 11.7 Å². The summed E-state index contributed by atoms with van der Waals surface area (Å²) in [6, 6.07) is 2.40. The third-order valence-electron chi connectivity index (χ3n) is 4.92. The van der Waals surface area contributed by atoms with Gasteiger partial charge in [-0.3, -0.25) is 4.79 Å². The summed E-state index contributed by atoms with van der Waals surface area (Å²) in [6.07, 6.45) is 6.34. The van der Waals surface area contributed by atoms with Gasteiger partial charge in [-0.1, -0.05) is 20.4 Å². The Morgan fingerprint density at radius 1 is 1.46 bits per heavy atom. The highest BCUT2D eigenvalue weighted by atomic mass is 16.3. The van der Waals surface area contributed by atoms with Gasteiger partial charge in [0.2, 0.25) is 0 Å². The average Bonchev–Trinajstić information content (AvgIpc) is 3.29. The smallest absolute Gasteiger partial charge is 0.251 e. The molecule has 0 spiro atoms. The Morgan fingerprint density at radius 3 is 2.89 bits per heavy atom. The van der Waals surface area contributed by atoms with Crippen LogP contribution in [-0.4, -0.2) is 44.8 Å². The van der Waals surface area contributed by atoms with Gasteiger partial charge in [0.1, 0.15) is 11.6 Å². The number of fused-ring (bicyclic) bond motifs is 1. The van der Waals surface area contributed by atoms with Crippen molar-refractivity contribution in [2.24, 2.45) is 5.41 Å². The first kappa shape index (κ1) is 18.5. The van der Waals surface area contributed by atoms with E-state index < -0.39 is 0 Å². The van der Waals surface area contributed by atoms with Crippen LogP contribution in [0, 0.1) is 5.41 Å². The van der Waals surface area contributed by atoms with Gasteiger partial charge in [0.25, 0.3) is 5.91 Å². The standard InChI is InChI=1S/C20H26N6O2/c1-12-6-13(19(28)23-12)7-14-9-22-26-17(24-15-4-5-15)8-16(25-18(14)26)21-10-20(2,3)11-27/h7-9,15,24,27H,1,4-6,10-11H2,2-3H3,(H,21,25)(H,23,28)/b13-7+. The lowest BCUT2D eigenvalue weighted by Crippen LogP contribution is -2.27. The number of anilines is 2. The number of aliphatic hydroxyl groups excluding tert-OH is 1. The monoisotopic (exact) mass is 382 g/mol. The number of nitrogens with one attached hydrogen (secondary N) is 3. The summed E-state index contributed by atoms with van der Waals surface area (Å²) in [4.78, 5) is 16.8. The van der Waals surface area contributed by atoms with Crippen LogP contribution >= 0.6 is 0 Å². The summed E-state index contributed by atoms with van der Waals surface area (Å²) < 4.78 is 1.77. The minimum atomic E-state index is -0.259. The zero-order chi connectivity index (χ0) is 19.9.